The number of nitrogens with zero attached hydrogens (tertiary/aromatic N) is 2. The summed E-state index contributed by atoms with van der Waals surface area (Å²) in [6.45, 7) is 3.03. The molecule has 5 heteroatoms. The van der Waals surface area contributed by atoms with Crippen LogP contribution in [0.4, 0.5) is 5.82 Å². The van der Waals surface area contributed by atoms with Gasteiger partial charge in [0.2, 0.25) is 0 Å². The van der Waals surface area contributed by atoms with E-state index in [1.54, 1.807) is 31.3 Å². The molecule has 2 aromatic rings. The number of nitrogens with one attached hydrogen (secondary N) is 1. The molecule has 4 nitrogen and oxygen atoms in total. The van der Waals surface area contributed by atoms with Gasteiger partial charge in [-0.3, -0.25) is 4.98 Å². The first-order valence-electron chi connectivity index (χ1n) is 6.19. The second-order valence-corrected chi connectivity index (χ2v) is 5.04. The second-order valence-electron chi connectivity index (χ2n) is 3.95. The molecular weight excluding hydrogens is 258 g/mol. The van der Waals surface area contributed by atoms with Gasteiger partial charge in [-0.1, -0.05) is 18.7 Å². The molecule has 0 aliphatic rings. The lowest BCUT2D eigenvalue weighted by Crippen LogP contribution is -2.02. The van der Waals surface area contributed by atoms with Crippen molar-refractivity contribution in [3.05, 3.63) is 36.7 Å². The quantitative estimate of drug-likeness (QED) is 0.874. The van der Waals surface area contributed by atoms with Gasteiger partial charge in [0.05, 0.1) is 19.5 Å². The van der Waals surface area contributed by atoms with Crippen molar-refractivity contribution in [1.29, 1.82) is 0 Å². The highest BCUT2D eigenvalue weighted by Crippen LogP contribution is 2.27. The summed E-state index contributed by atoms with van der Waals surface area (Å²) in [6, 6.07) is 7.90. The van der Waals surface area contributed by atoms with Gasteiger partial charge in [0.1, 0.15) is 16.6 Å². The maximum Gasteiger partial charge on any atom is 0.145 e. The Morgan fingerprint density at radius 1 is 1.21 bits per heavy atom. The van der Waals surface area contributed by atoms with Crippen molar-refractivity contribution in [2.75, 3.05) is 19.0 Å². The zero-order chi connectivity index (χ0) is 13.5. The fourth-order valence-electron chi connectivity index (χ4n) is 1.50. The highest BCUT2D eigenvalue weighted by atomic mass is 32.2. The van der Waals surface area contributed by atoms with Crippen LogP contribution in [0, 0.1) is 0 Å². The largest absolute Gasteiger partial charge is 0.497 e. The molecule has 0 bridgehead atoms. The third-order valence-corrected chi connectivity index (χ3v) is 3.36. The van der Waals surface area contributed by atoms with Crippen LogP contribution in [0.15, 0.2) is 46.6 Å². The molecule has 0 atom stereocenters. The highest BCUT2D eigenvalue weighted by molar-refractivity contribution is 7.99. The molecule has 0 saturated heterocycles. The Labute approximate surface area is 117 Å². The van der Waals surface area contributed by atoms with E-state index in [-0.39, 0.29) is 0 Å². The first kappa shape index (κ1) is 13.7. The van der Waals surface area contributed by atoms with Crippen LogP contribution in [0.1, 0.15) is 13.3 Å². The first-order valence-corrected chi connectivity index (χ1v) is 7.01. The Balaban J connectivity index is 2.05. The van der Waals surface area contributed by atoms with Crippen LogP contribution in [-0.4, -0.2) is 23.6 Å². The number of hydrogen-bond donors (Lipinski definition) is 1. The fourth-order valence-corrected chi connectivity index (χ4v) is 2.27. The molecule has 0 radical (unpaired) electrons. The van der Waals surface area contributed by atoms with Crippen molar-refractivity contribution in [3.63, 3.8) is 0 Å². The Morgan fingerprint density at radius 3 is 2.68 bits per heavy atom. The summed E-state index contributed by atoms with van der Waals surface area (Å²) in [5.41, 5.74) is 0. The molecule has 19 heavy (non-hydrogen) atoms. The molecule has 0 fully saturated rings. The molecule has 0 aliphatic heterocycles. The monoisotopic (exact) mass is 275 g/mol. The van der Waals surface area contributed by atoms with Crippen molar-refractivity contribution in [2.24, 2.45) is 0 Å². The Kier molecular flexibility index (Phi) is 5.03. The molecule has 1 heterocycles. The molecule has 0 unspecified atom stereocenters. The van der Waals surface area contributed by atoms with Gasteiger partial charge in [0, 0.05) is 11.4 Å². The lowest BCUT2D eigenvalue weighted by molar-refractivity contribution is 0.414. The number of anilines is 1. The predicted octanol–water partition coefficient (Wildman–Crippen LogP) is 3.46. The van der Waals surface area contributed by atoms with Crippen molar-refractivity contribution >= 4 is 17.6 Å². The minimum absolute atomic E-state index is 0.820. The lowest BCUT2D eigenvalue weighted by Gasteiger charge is -2.06. The molecule has 1 aromatic carbocycles. The van der Waals surface area contributed by atoms with Crippen molar-refractivity contribution in [3.8, 4) is 5.75 Å². The molecule has 0 aliphatic carbocycles. The molecule has 2 rings (SSSR count). The van der Waals surface area contributed by atoms with Crippen molar-refractivity contribution in [1.82, 2.24) is 9.97 Å². The Hall–Kier alpha value is -1.75. The third kappa shape index (κ3) is 4.13. The minimum Gasteiger partial charge on any atom is -0.497 e. The first-order chi connectivity index (χ1) is 9.31. The van der Waals surface area contributed by atoms with Crippen LogP contribution in [0.5, 0.6) is 5.75 Å². The average molecular weight is 275 g/mol. The van der Waals surface area contributed by atoms with Crippen LogP contribution < -0.4 is 10.1 Å². The van der Waals surface area contributed by atoms with E-state index in [0.29, 0.717) is 0 Å². The van der Waals surface area contributed by atoms with Crippen LogP contribution in [0.25, 0.3) is 0 Å². The van der Waals surface area contributed by atoms with Gasteiger partial charge in [-0.25, -0.2) is 4.98 Å². The molecule has 0 saturated carbocycles. The average Bonchev–Trinajstić information content (AvgIpc) is 2.46. The summed E-state index contributed by atoms with van der Waals surface area (Å²) in [5, 5.41) is 4.11. The summed E-state index contributed by atoms with van der Waals surface area (Å²) in [4.78, 5) is 9.82. The summed E-state index contributed by atoms with van der Waals surface area (Å²) in [5.74, 6) is 1.68. The zero-order valence-corrected chi connectivity index (χ0v) is 11.9. The van der Waals surface area contributed by atoms with Crippen molar-refractivity contribution < 1.29 is 4.74 Å². The van der Waals surface area contributed by atoms with E-state index < -0.39 is 0 Å². The molecular formula is C14H17N3OS. The summed E-state index contributed by atoms with van der Waals surface area (Å²) < 4.78 is 5.14. The Morgan fingerprint density at radius 2 is 2.00 bits per heavy atom. The van der Waals surface area contributed by atoms with Gasteiger partial charge >= 0.3 is 0 Å². The van der Waals surface area contributed by atoms with E-state index in [0.717, 1.165) is 34.5 Å². The summed E-state index contributed by atoms with van der Waals surface area (Å²) in [7, 11) is 1.66. The zero-order valence-electron chi connectivity index (χ0n) is 11.1. The van der Waals surface area contributed by atoms with Gasteiger partial charge in [0.15, 0.2) is 0 Å². The SMILES string of the molecule is CCCNc1cncc(Sc2ccc(OC)cc2)n1. The maximum absolute atomic E-state index is 5.14. The smallest absolute Gasteiger partial charge is 0.145 e. The van der Waals surface area contributed by atoms with E-state index in [9.17, 15) is 0 Å². The minimum atomic E-state index is 0.820. The van der Waals surface area contributed by atoms with E-state index in [2.05, 4.69) is 22.2 Å². The predicted molar refractivity (Wildman–Crippen MR) is 77.9 cm³/mol. The van der Waals surface area contributed by atoms with E-state index in [1.165, 1.54) is 0 Å². The number of hydrogen-bond acceptors (Lipinski definition) is 5. The maximum atomic E-state index is 5.14. The van der Waals surface area contributed by atoms with E-state index >= 15 is 0 Å². The number of aromatic nitrogens is 2. The van der Waals surface area contributed by atoms with Crippen LogP contribution in [-0.2, 0) is 0 Å². The lowest BCUT2D eigenvalue weighted by atomic mass is 10.3. The normalized spacial score (nSPS) is 10.2. The van der Waals surface area contributed by atoms with E-state index in [1.807, 2.05) is 24.3 Å². The fraction of sp³-hybridized carbons (Fsp3) is 0.286. The van der Waals surface area contributed by atoms with Gasteiger partial charge < -0.3 is 10.1 Å². The van der Waals surface area contributed by atoms with E-state index in [4.69, 9.17) is 4.74 Å². The van der Waals surface area contributed by atoms with Gasteiger partial charge in [-0.2, -0.15) is 0 Å². The van der Waals surface area contributed by atoms with Crippen molar-refractivity contribution in [2.45, 2.75) is 23.3 Å². The standard InChI is InChI=1S/C14H17N3OS/c1-3-8-16-13-9-15-10-14(17-13)19-12-6-4-11(18-2)5-7-12/h4-7,9-10H,3,8H2,1-2H3,(H,16,17). The number of benzene rings is 1. The number of methoxy groups -OCH3 is 1. The van der Waals surface area contributed by atoms with Gasteiger partial charge in [-0.05, 0) is 30.7 Å². The molecule has 100 valence electrons. The molecule has 1 aromatic heterocycles. The van der Waals surface area contributed by atoms with Crippen LogP contribution in [0.3, 0.4) is 0 Å². The highest BCUT2D eigenvalue weighted by Gasteiger charge is 2.01. The van der Waals surface area contributed by atoms with Gasteiger partial charge in [-0.15, -0.1) is 0 Å². The third-order valence-electron chi connectivity index (χ3n) is 2.45. The number of ether oxygens (including phenoxy) is 1. The Bertz CT molecular complexity index is 516. The van der Waals surface area contributed by atoms with Crippen LogP contribution >= 0.6 is 11.8 Å². The topological polar surface area (TPSA) is 47.0 Å². The molecule has 0 amide bonds. The second kappa shape index (κ2) is 6.99. The summed E-state index contributed by atoms with van der Waals surface area (Å²) >= 11 is 1.59. The molecule has 1 N–H and O–H groups in total. The number of rotatable bonds is 6. The van der Waals surface area contributed by atoms with Gasteiger partial charge in [0.25, 0.3) is 0 Å². The van der Waals surface area contributed by atoms with Crippen LogP contribution in [0.2, 0.25) is 0 Å². The summed E-state index contributed by atoms with van der Waals surface area (Å²) in [6.07, 6.45) is 4.58. The molecule has 0 spiro atoms.